The second-order valence-electron chi connectivity index (χ2n) is 3.67. The highest BCUT2D eigenvalue weighted by molar-refractivity contribution is 5.64. The number of carbonyl (C=O) groups excluding carboxylic acids is 1. The largest absolute Gasteiger partial charge is 0.381 e. The summed E-state index contributed by atoms with van der Waals surface area (Å²) in [6, 6.07) is 2.09. The fraction of sp³-hybridized carbons (Fsp3) is 0.778. The summed E-state index contributed by atoms with van der Waals surface area (Å²) in [5, 5.41) is 18.6. The Bertz CT molecular complexity index is 221. The minimum atomic E-state index is -1.47. The molecule has 0 heterocycles. The van der Waals surface area contributed by atoms with Crippen molar-refractivity contribution < 1.29 is 9.90 Å². The van der Waals surface area contributed by atoms with E-state index in [0.717, 1.165) is 12.8 Å². The van der Waals surface area contributed by atoms with Crippen molar-refractivity contribution in [3.63, 3.8) is 0 Å². The van der Waals surface area contributed by atoms with Crippen molar-refractivity contribution in [1.82, 2.24) is 0 Å². The van der Waals surface area contributed by atoms with Crippen LogP contribution >= 0.6 is 0 Å². The second kappa shape index (κ2) is 2.87. The molecule has 0 saturated heterocycles. The summed E-state index contributed by atoms with van der Waals surface area (Å²) in [4.78, 5) is 10.6. The van der Waals surface area contributed by atoms with Gasteiger partial charge in [0.05, 0.1) is 11.5 Å². The molecule has 1 saturated carbocycles. The van der Waals surface area contributed by atoms with Gasteiger partial charge < -0.3 is 9.90 Å². The molecular formula is C9H13NO2. The maximum absolute atomic E-state index is 10.6. The number of carbonyl (C=O) groups is 1. The van der Waals surface area contributed by atoms with Gasteiger partial charge in [-0.15, -0.1) is 0 Å². The summed E-state index contributed by atoms with van der Waals surface area (Å²) >= 11 is 0. The molecule has 66 valence electrons. The molecule has 0 radical (unpaired) electrons. The predicted molar refractivity (Wildman–Crippen MR) is 43.2 cm³/mol. The second-order valence-corrected chi connectivity index (χ2v) is 3.67. The average Bonchev–Trinajstić information content (AvgIpc) is 2.53. The molecule has 0 aromatic carbocycles. The lowest BCUT2D eigenvalue weighted by Gasteiger charge is -2.32. The molecule has 1 unspecified atom stereocenters. The summed E-state index contributed by atoms with van der Waals surface area (Å²) < 4.78 is 0. The highest BCUT2D eigenvalue weighted by Gasteiger charge is 2.49. The molecule has 3 heteroatoms. The lowest BCUT2D eigenvalue weighted by Crippen LogP contribution is -2.44. The molecule has 1 aliphatic carbocycles. The molecule has 0 spiro atoms. The van der Waals surface area contributed by atoms with Crippen LogP contribution < -0.4 is 0 Å². The molecular weight excluding hydrogens is 154 g/mol. The van der Waals surface area contributed by atoms with E-state index in [1.807, 2.05) is 0 Å². The van der Waals surface area contributed by atoms with Gasteiger partial charge in [-0.25, -0.2) is 0 Å². The fourth-order valence-corrected chi connectivity index (χ4v) is 1.82. The van der Waals surface area contributed by atoms with E-state index < -0.39 is 11.0 Å². The van der Waals surface area contributed by atoms with E-state index in [2.05, 4.69) is 6.07 Å². The lowest BCUT2D eigenvalue weighted by molar-refractivity contribution is -0.131. The van der Waals surface area contributed by atoms with E-state index in [-0.39, 0.29) is 0 Å². The van der Waals surface area contributed by atoms with Gasteiger partial charge in [-0.1, -0.05) is 12.8 Å². The quantitative estimate of drug-likeness (QED) is 0.624. The summed E-state index contributed by atoms with van der Waals surface area (Å²) in [7, 11) is 0. The van der Waals surface area contributed by atoms with Crippen LogP contribution in [0.3, 0.4) is 0 Å². The van der Waals surface area contributed by atoms with Gasteiger partial charge in [0, 0.05) is 0 Å². The van der Waals surface area contributed by atoms with Gasteiger partial charge >= 0.3 is 0 Å². The van der Waals surface area contributed by atoms with Crippen molar-refractivity contribution in [1.29, 1.82) is 5.26 Å². The fourth-order valence-electron chi connectivity index (χ4n) is 1.82. The first-order valence-corrected chi connectivity index (χ1v) is 4.18. The zero-order valence-corrected chi connectivity index (χ0v) is 7.21. The van der Waals surface area contributed by atoms with Crippen LogP contribution in [0.2, 0.25) is 0 Å². The third kappa shape index (κ3) is 1.12. The van der Waals surface area contributed by atoms with Gasteiger partial charge in [0.15, 0.2) is 6.29 Å². The number of hydrogen-bond acceptors (Lipinski definition) is 3. The third-order valence-electron chi connectivity index (χ3n) is 2.87. The van der Waals surface area contributed by atoms with Crippen LogP contribution in [-0.2, 0) is 4.79 Å². The van der Waals surface area contributed by atoms with E-state index in [0.29, 0.717) is 19.1 Å². The molecule has 0 aromatic rings. The first-order chi connectivity index (χ1) is 5.58. The summed E-state index contributed by atoms with van der Waals surface area (Å²) in [5.74, 6) is 0. The van der Waals surface area contributed by atoms with Gasteiger partial charge in [0.1, 0.15) is 5.60 Å². The number of aliphatic hydroxyl groups is 1. The zero-order chi connectivity index (χ0) is 9.24. The van der Waals surface area contributed by atoms with Crippen LogP contribution in [0.25, 0.3) is 0 Å². The molecule has 12 heavy (non-hydrogen) atoms. The van der Waals surface area contributed by atoms with Gasteiger partial charge in [0.2, 0.25) is 0 Å². The molecule has 0 bridgehead atoms. The van der Waals surface area contributed by atoms with Crippen molar-refractivity contribution in [2.24, 2.45) is 5.41 Å². The molecule has 1 atom stereocenters. The van der Waals surface area contributed by atoms with E-state index >= 15 is 0 Å². The van der Waals surface area contributed by atoms with Crippen LogP contribution in [0, 0.1) is 16.7 Å². The first-order valence-electron chi connectivity index (χ1n) is 4.18. The number of hydrogen-bond donors (Lipinski definition) is 1. The SMILES string of the molecule is CC(O)(C=O)C1(C#N)CCCC1. The minimum absolute atomic E-state index is 0.488. The average molecular weight is 167 g/mol. The van der Waals surface area contributed by atoms with Crippen molar-refractivity contribution in [2.45, 2.75) is 38.2 Å². The Morgan fingerprint density at radius 2 is 2.08 bits per heavy atom. The molecule has 0 amide bonds. The van der Waals surface area contributed by atoms with Crippen molar-refractivity contribution in [3.05, 3.63) is 0 Å². The summed E-state index contributed by atoms with van der Waals surface area (Å²) in [6.45, 7) is 1.43. The summed E-state index contributed by atoms with van der Waals surface area (Å²) in [5.41, 5.74) is -2.30. The van der Waals surface area contributed by atoms with Crippen LogP contribution in [-0.4, -0.2) is 17.0 Å². The number of rotatable bonds is 2. The number of nitrogens with zero attached hydrogens (tertiary/aromatic N) is 1. The van der Waals surface area contributed by atoms with Crippen molar-refractivity contribution in [3.8, 4) is 6.07 Å². The Balaban J connectivity index is 2.95. The van der Waals surface area contributed by atoms with Gasteiger partial charge in [-0.05, 0) is 19.8 Å². The molecule has 0 aliphatic heterocycles. The Morgan fingerprint density at radius 1 is 1.58 bits per heavy atom. The predicted octanol–water partition coefficient (Wildman–Crippen LogP) is 1.02. The highest BCUT2D eigenvalue weighted by Crippen LogP contribution is 2.44. The maximum atomic E-state index is 10.6. The molecule has 3 nitrogen and oxygen atoms in total. The Kier molecular flexibility index (Phi) is 2.20. The van der Waals surface area contributed by atoms with E-state index in [4.69, 9.17) is 5.26 Å². The Labute approximate surface area is 72.0 Å². The van der Waals surface area contributed by atoms with Gasteiger partial charge in [-0.2, -0.15) is 5.26 Å². The molecule has 1 rings (SSSR count). The number of aldehydes is 1. The Morgan fingerprint density at radius 3 is 2.42 bits per heavy atom. The zero-order valence-electron chi connectivity index (χ0n) is 7.21. The van der Waals surface area contributed by atoms with Gasteiger partial charge in [0.25, 0.3) is 0 Å². The van der Waals surface area contributed by atoms with Crippen molar-refractivity contribution in [2.75, 3.05) is 0 Å². The standard InChI is InChI=1S/C9H13NO2/c1-8(12,7-11)9(6-10)4-2-3-5-9/h7,12H,2-5H2,1H3. The Hall–Kier alpha value is -0.880. The van der Waals surface area contributed by atoms with Crippen LogP contribution in [0.1, 0.15) is 32.6 Å². The van der Waals surface area contributed by atoms with Crippen LogP contribution in [0.15, 0.2) is 0 Å². The minimum Gasteiger partial charge on any atom is -0.381 e. The van der Waals surface area contributed by atoms with E-state index in [1.54, 1.807) is 0 Å². The van der Waals surface area contributed by atoms with Crippen LogP contribution in [0.5, 0.6) is 0 Å². The molecule has 1 aliphatic rings. The molecule has 1 N–H and O–H groups in total. The molecule has 0 aromatic heterocycles. The third-order valence-corrected chi connectivity index (χ3v) is 2.87. The highest BCUT2D eigenvalue weighted by atomic mass is 16.3. The normalized spacial score (nSPS) is 25.8. The van der Waals surface area contributed by atoms with E-state index in [1.165, 1.54) is 6.92 Å². The lowest BCUT2D eigenvalue weighted by atomic mass is 9.73. The maximum Gasteiger partial charge on any atom is 0.152 e. The molecule has 1 fully saturated rings. The van der Waals surface area contributed by atoms with Crippen molar-refractivity contribution >= 4 is 6.29 Å². The van der Waals surface area contributed by atoms with E-state index in [9.17, 15) is 9.90 Å². The van der Waals surface area contributed by atoms with Gasteiger partial charge in [-0.3, -0.25) is 0 Å². The van der Waals surface area contributed by atoms with Crippen LogP contribution in [0.4, 0.5) is 0 Å². The summed E-state index contributed by atoms with van der Waals surface area (Å²) in [6.07, 6.45) is 3.61. The topological polar surface area (TPSA) is 61.1 Å². The smallest absolute Gasteiger partial charge is 0.152 e. The monoisotopic (exact) mass is 167 g/mol. The first kappa shape index (κ1) is 9.21. The number of nitriles is 1.